The molecule has 0 unspecified atom stereocenters. The van der Waals surface area contributed by atoms with E-state index < -0.39 is 0 Å². The number of aryl methyl sites for hydroxylation is 1. The quantitative estimate of drug-likeness (QED) is 0.580. The molecule has 0 atom stereocenters. The highest BCUT2D eigenvalue weighted by Gasteiger charge is 2.15. The van der Waals surface area contributed by atoms with Gasteiger partial charge in [0.25, 0.3) is 0 Å². The van der Waals surface area contributed by atoms with Crippen molar-refractivity contribution in [2.75, 3.05) is 13.2 Å². The molecule has 0 fully saturated rings. The molecule has 31 heavy (non-hydrogen) atoms. The minimum atomic E-state index is 0.00420. The van der Waals surface area contributed by atoms with Crippen LogP contribution < -0.4 is 15.2 Å². The van der Waals surface area contributed by atoms with Crippen LogP contribution in [0.5, 0.6) is 17.5 Å². The van der Waals surface area contributed by atoms with Crippen LogP contribution in [0, 0.1) is 23.7 Å². The maximum atomic E-state index is 9.36. The third-order valence-corrected chi connectivity index (χ3v) is 4.47. The first kappa shape index (κ1) is 22.3. The van der Waals surface area contributed by atoms with Gasteiger partial charge in [-0.1, -0.05) is 45.0 Å². The summed E-state index contributed by atoms with van der Waals surface area (Å²) in [6, 6.07) is 17.4. The van der Waals surface area contributed by atoms with Crippen LogP contribution >= 0.6 is 0 Å². The van der Waals surface area contributed by atoms with E-state index in [0.717, 1.165) is 17.5 Å². The number of nitrogens with two attached hydrogens (primary N) is 1. The molecule has 0 amide bonds. The van der Waals surface area contributed by atoms with E-state index in [2.05, 4.69) is 48.9 Å². The molecule has 2 N–H and O–H groups in total. The van der Waals surface area contributed by atoms with Gasteiger partial charge in [-0.3, -0.25) is 0 Å². The molecule has 160 valence electrons. The summed E-state index contributed by atoms with van der Waals surface area (Å²) < 4.78 is 12.0. The number of nitriles is 1. The van der Waals surface area contributed by atoms with Gasteiger partial charge in [0, 0.05) is 5.56 Å². The summed E-state index contributed by atoms with van der Waals surface area (Å²) in [7, 11) is 0. The zero-order valence-electron chi connectivity index (χ0n) is 18.5. The van der Waals surface area contributed by atoms with Crippen molar-refractivity contribution in [1.82, 2.24) is 9.97 Å². The van der Waals surface area contributed by atoms with E-state index in [0.29, 0.717) is 42.0 Å². The van der Waals surface area contributed by atoms with Gasteiger partial charge in [0.15, 0.2) is 0 Å². The standard InChI is InChI=1S/C25H28N4O2/c1-17-28-23(30-16-25(2,3)4)14-24(29-17)31-22-13-19(15-27)7-10-21(22)20-8-5-18(6-9-20)11-12-26/h5-10,13-14H,11-12,16,26H2,1-4H3. The lowest BCUT2D eigenvalue weighted by atomic mass is 9.99. The zero-order valence-corrected chi connectivity index (χ0v) is 18.5. The van der Waals surface area contributed by atoms with E-state index in [-0.39, 0.29) is 5.41 Å². The van der Waals surface area contributed by atoms with Crippen molar-refractivity contribution < 1.29 is 9.47 Å². The fourth-order valence-electron chi connectivity index (χ4n) is 2.98. The Labute approximate surface area is 183 Å². The van der Waals surface area contributed by atoms with Crippen LogP contribution in [0.15, 0.2) is 48.5 Å². The van der Waals surface area contributed by atoms with E-state index in [1.165, 1.54) is 5.56 Å². The van der Waals surface area contributed by atoms with E-state index in [1.807, 2.05) is 18.2 Å². The summed E-state index contributed by atoms with van der Waals surface area (Å²) in [6.07, 6.45) is 0.828. The molecule has 3 aromatic rings. The van der Waals surface area contributed by atoms with Gasteiger partial charge in [0.2, 0.25) is 11.8 Å². The van der Waals surface area contributed by atoms with E-state index >= 15 is 0 Å². The van der Waals surface area contributed by atoms with Gasteiger partial charge in [-0.2, -0.15) is 15.2 Å². The van der Waals surface area contributed by atoms with Gasteiger partial charge >= 0.3 is 0 Å². The third-order valence-electron chi connectivity index (χ3n) is 4.47. The zero-order chi connectivity index (χ0) is 22.4. The predicted octanol–water partition coefficient (Wildman–Crippen LogP) is 5.04. The molecule has 0 radical (unpaired) electrons. The van der Waals surface area contributed by atoms with Crippen molar-refractivity contribution in [2.24, 2.45) is 11.1 Å². The number of benzene rings is 2. The van der Waals surface area contributed by atoms with Crippen LogP contribution in [0.25, 0.3) is 11.1 Å². The molecule has 0 saturated carbocycles. The van der Waals surface area contributed by atoms with Gasteiger partial charge in [-0.25, -0.2) is 0 Å². The minimum Gasteiger partial charge on any atom is -0.477 e. The van der Waals surface area contributed by atoms with Crippen LogP contribution in [-0.4, -0.2) is 23.1 Å². The Kier molecular flexibility index (Phi) is 6.88. The molecular weight excluding hydrogens is 388 g/mol. The molecule has 0 bridgehead atoms. The molecule has 3 rings (SSSR count). The van der Waals surface area contributed by atoms with Crippen LogP contribution in [0.1, 0.15) is 37.7 Å². The molecule has 1 heterocycles. The van der Waals surface area contributed by atoms with Crippen molar-refractivity contribution in [3.05, 3.63) is 65.5 Å². The highest BCUT2D eigenvalue weighted by atomic mass is 16.5. The molecule has 6 nitrogen and oxygen atoms in total. The van der Waals surface area contributed by atoms with Crippen LogP contribution in [-0.2, 0) is 6.42 Å². The maximum absolute atomic E-state index is 9.36. The molecule has 0 spiro atoms. The average Bonchev–Trinajstić information content (AvgIpc) is 2.72. The highest BCUT2D eigenvalue weighted by molar-refractivity contribution is 5.72. The Morgan fingerprint density at radius 1 is 1.00 bits per heavy atom. The second-order valence-electron chi connectivity index (χ2n) is 8.60. The fourth-order valence-corrected chi connectivity index (χ4v) is 2.98. The Morgan fingerprint density at radius 3 is 2.35 bits per heavy atom. The normalized spacial score (nSPS) is 11.1. The summed E-state index contributed by atoms with van der Waals surface area (Å²) in [6.45, 7) is 9.20. The summed E-state index contributed by atoms with van der Waals surface area (Å²) in [5.41, 5.74) is 9.18. The molecule has 0 saturated heterocycles. The number of hydrogen-bond acceptors (Lipinski definition) is 6. The fraction of sp³-hybridized carbons (Fsp3) is 0.320. The van der Waals surface area contributed by atoms with Gasteiger partial charge < -0.3 is 15.2 Å². The molecule has 0 aliphatic carbocycles. The van der Waals surface area contributed by atoms with E-state index in [4.69, 9.17) is 15.2 Å². The monoisotopic (exact) mass is 416 g/mol. The number of rotatable bonds is 7. The molecule has 1 aromatic heterocycles. The largest absolute Gasteiger partial charge is 0.477 e. The maximum Gasteiger partial charge on any atom is 0.226 e. The lowest BCUT2D eigenvalue weighted by Gasteiger charge is -2.18. The average molecular weight is 417 g/mol. The van der Waals surface area contributed by atoms with E-state index in [1.54, 1.807) is 25.1 Å². The highest BCUT2D eigenvalue weighted by Crippen LogP contribution is 2.34. The Bertz CT molecular complexity index is 1080. The Hall–Kier alpha value is -3.43. The van der Waals surface area contributed by atoms with Crippen molar-refractivity contribution in [3.63, 3.8) is 0 Å². The van der Waals surface area contributed by atoms with Gasteiger partial charge in [0.1, 0.15) is 11.6 Å². The topological polar surface area (TPSA) is 94.0 Å². The van der Waals surface area contributed by atoms with Crippen LogP contribution in [0.3, 0.4) is 0 Å². The lowest BCUT2D eigenvalue weighted by Crippen LogP contribution is -2.17. The Morgan fingerprint density at radius 2 is 1.71 bits per heavy atom. The van der Waals surface area contributed by atoms with Crippen molar-refractivity contribution >= 4 is 0 Å². The van der Waals surface area contributed by atoms with Gasteiger partial charge in [0.05, 0.1) is 24.3 Å². The van der Waals surface area contributed by atoms with E-state index in [9.17, 15) is 5.26 Å². The smallest absolute Gasteiger partial charge is 0.226 e. The minimum absolute atomic E-state index is 0.00420. The molecule has 2 aromatic carbocycles. The van der Waals surface area contributed by atoms with Crippen molar-refractivity contribution in [1.29, 1.82) is 5.26 Å². The van der Waals surface area contributed by atoms with Gasteiger partial charge in [-0.15, -0.1) is 0 Å². The first-order chi connectivity index (χ1) is 14.8. The molecule has 0 aliphatic rings. The second-order valence-corrected chi connectivity index (χ2v) is 8.60. The summed E-state index contributed by atoms with van der Waals surface area (Å²) in [5.74, 6) is 1.92. The van der Waals surface area contributed by atoms with Crippen LogP contribution in [0.2, 0.25) is 0 Å². The SMILES string of the molecule is Cc1nc(OCC(C)(C)C)cc(Oc2cc(C#N)ccc2-c2ccc(CCN)cc2)n1. The first-order valence-electron chi connectivity index (χ1n) is 10.3. The number of aromatic nitrogens is 2. The molecule has 6 heteroatoms. The second kappa shape index (κ2) is 9.59. The van der Waals surface area contributed by atoms with Gasteiger partial charge in [-0.05, 0) is 54.6 Å². The summed E-state index contributed by atoms with van der Waals surface area (Å²) in [5, 5.41) is 9.36. The summed E-state index contributed by atoms with van der Waals surface area (Å²) >= 11 is 0. The van der Waals surface area contributed by atoms with Crippen LogP contribution in [0.4, 0.5) is 0 Å². The summed E-state index contributed by atoms with van der Waals surface area (Å²) in [4.78, 5) is 8.74. The number of ether oxygens (including phenoxy) is 2. The molecule has 0 aliphatic heterocycles. The van der Waals surface area contributed by atoms with Crippen molar-refractivity contribution in [3.8, 4) is 34.7 Å². The lowest BCUT2D eigenvalue weighted by molar-refractivity contribution is 0.190. The molecular formula is C25H28N4O2. The first-order valence-corrected chi connectivity index (χ1v) is 10.3. The predicted molar refractivity (Wildman–Crippen MR) is 121 cm³/mol. The number of nitrogens with zero attached hydrogens (tertiary/aromatic N) is 3. The Balaban J connectivity index is 1.93. The number of hydrogen-bond donors (Lipinski definition) is 1. The third kappa shape index (κ3) is 6.27. The van der Waals surface area contributed by atoms with Crippen molar-refractivity contribution in [2.45, 2.75) is 34.1 Å².